The largest absolute Gasteiger partial charge is 0.325 e. The van der Waals surface area contributed by atoms with Crippen molar-refractivity contribution < 1.29 is 4.79 Å². The summed E-state index contributed by atoms with van der Waals surface area (Å²) in [6.07, 6.45) is 3.69. The minimum Gasteiger partial charge on any atom is -0.325 e. The third-order valence-electron chi connectivity index (χ3n) is 4.80. The number of amides is 1. The van der Waals surface area contributed by atoms with Crippen LogP contribution in [0.1, 0.15) is 47.0 Å². The number of nitrogens with one attached hydrogen (secondary N) is 1. The maximum atomic E-state index is 12.6. The third kappa shape index (κ3) is 3.34. The molecule has 4 nitrogen and oxygen atoms in total. The normalized spacial score (nSPS) is 31.8. The van der Waals surface area contributed by atoms with Gasteiger partial charge in [-0.25, -0.2) is 0 Å². The Labute approximate surface area is 123 Å². The van der Waals surface area contributed by atoms with Crippen LogP contribution in [0.2, 0.25) is 0 Å². The number of rotatable bonds is 6. The Morgan fingerprint density at radius 2 is 2.10 bits per heavy atom. The Morgan fingerprint density at radius 1 is 1.35 bits per heavy atom. The van der Waals surface area contributed by atoms with Crippen LogP contribution in [0.15, 0.2) is 0 Å². The molecule has 1 amide bonds. The van der Waals surface area contributed by atoms with E-state index < -0.39 is 0 Å². The molecule has 20 heavy (non-hydrogen) atoms. The van der Waals surface area contributed by atoms with Crippen LogP contribution in [-0.4, -0.2) is 54.1 Å². The summed E-state index contributed by atoms with van der Waals surface area (Å²) in [5.41, 5.74) is 0. The molecule has 0 radical (unpaired) electrons. The second-order valence-corrected chi connectivity index (χ2v) is 6.73. The smallest absolute Gasteiger partial charge is 0.241 e. The van der Waals surface area contributed by atoms with Crippen LogP contribution in [-0.2, 0) is 4.79 Å². The van der Waals surface area contributed by atoms with Gasteiger partial charge in [0.15, 0.2) is 0 Å². The summed E-state index contributed by atoms with van der Waals surface area (Å²) >= 11 is 0. The molecule has 0 aromatic carbocycles. The van der Waals surface area contributed by atoms with E-state index in [0.29, 0.717) is 17.7 Å². The van der Waals surface area contributed by atoms with E-state index in [9.17, 15) is 4.79 Å². The Balaban J connectivity index is 1.98. The van der Waals surface area contributed by atoms with Gasteiger partial charge in [-0.2, -0.15) is 0 Å². The predicted molar refractivity (Wildman–Crippen MR) is 82.4 cm³/mol. The van der Waals surface area contributed by atoms with Crippen molar-refractivity contribution in [1.29, 1.82) is 0 Å². The Kier molecular flexibility index (Phi) is 5.44. The fourth-order valence-corrected chi connectivity index (χ4v) is 3.54. The summed E-state index contributed by atoms with van der Waals surface area (Å²) in [5, 5.41) is 3.55. The molecule has 1 N–H and O–H groups in total. The number of hydrogen-bond donors (Lipinski definition) is 1. The lowest BCUT2D eigenvalue weighted by molar-refractivity contribution is -0.131. The number of likely N-dealkylation sites (tertiary alicyclic amines) is 1. The van der Waals surface area contributed by atoms with Crippen LogP contribution in [0.3, 0.4) is 0 Å². The van der Waals surface area contributed by atoms with Crippen molar-refractivity contribution in [2.45, 2.75) is 59.2 Å². The molecule has 4 heteroatoms. The van der Waals surface area contributed by atoms with Gasteiger partial charge in [-0.05, 0) is 37.8 Å². The molecule has 3 atom stereocenters. The molecule has 0 aromatic heterocycles. The van der Waals surface area contributed by atoms with Gasteiger partial charge in [0.2, 0.25) is 5.91 Å². The van der Waals surface area contributed by atoms with Crippen molar-refractivity contribution in [3.8, 4) is 0 Å². The molecule has 0 aliphatic carbocycles. The number of carbonyl (C=O) groups is 1. The quantitative estimate of drug-likeness (QED) is 0.808. The van der Waals surface area contributed by atoms with Gasteiger partial charge in [0.1, 0.15) is 0 Å². The molecule has 0 spiro atoms. The molecule has 2 aliphatic heterocycles. The van der Waals surface area contributed by atoms with E-state index in [2.05, 4.69) is 42.8 Å². The fourth-order valence-electron chi connectivity index (χ4n) is 3.54. The van der Waals surface area contributed by atoms with E-state index in [-0.39, 0.29) is 12.2 Å². The third-order valence-corrected chi connectivity index (χ3v) is 4.80. The SMILES string of the molecule is CCCC1NC(C(C)C)C(=O)N1CC1CCN(CC)C1. The number of carbonyl (C=O) groups excluding carboxylic acids is 1. The van der Waals surface area contributed by atoms with E-state index in [0.717, 1.165) is 32.5 Å². The molecule has 2 aliphatic rings. The standard InChI is InChI=1S/C16H31N3O/c1-5-7-14-17-15(12(3)4)16(20)19(14)11-13-8-9-18(6-2)10-13/h12-15,17H,5-11H2,1-4H3. The first-order chi connectivity index (χ1) is 9.56. The lowest BCUT2D eigenvalue weighted by atomic mass is 10.0. The first-order valence-corrected chi connectivity index (χ1v) is 8.35. The maximum Gasteiger partial charge on any atom is 0.241 e. The zero-order chi connectivity index (χ0) is 14.7. The average molecular weight is 281 g/mol. The van der Waals surface area contributed by atoms with Crippen molar-refractivity contribution in [3.63, 3.8) is 0 Å². The zero-order valence-electron chi connectivity index (χ0n) is 13.6. The van der Waals surface area contributed by atoms with Crippen molar-refractivity contribution in [2.75, 3.05) is 26.2 Å². The topological polar surface area (TPSA) is 35.6 Å². The Morgan fingerprint density at radius 3 is 2.65 bits per heavy atom. The summed E-state index contributed by atoms with van der Waals surface area (Å²) in [4.78, 5) is 17.3. The molecule has 116 valence electrons. The molecule has 2 saturated heterocycles. The van der Waals surface area contributed by atoms with E-state index >= 15 is 0 Å². The van der Waals surface area contributed by atoms with Crippen LogP contribution in [0.4, 0.5) is 0 Å². The summed E-state index contributed by atoms with van der Waals surface area (Å²) in [7, 11) is 0. The number of hydrogen-bond acceptors (Lipinski definition) is 3. The summed E-state index contributed by atoms with van der Waals surface area (Å²) in [6, 6.07) is 0.0234. The maximum absolute atomic E-state index is 12.6. The molecule has 3 unspecified atom stereocenters. The summed E-state index contributed by atoms with van der Waals surface area (Å²) in [6.45, 7) is 13.1. The lowest BCUT2D eigenvalue weighted by Crippen LogP contribution is -2.40. The molecule has 0 saturated carbocycles. The lowest BCUT2D eigenvalue weighted by Gasteiger charge is -2.27. The van der Waals surface area contributed by atoms with Crippen molar-refractivity contribution in [3.05, 3.63) is 0 Å². The first-order valence-electron chi connectivity index (χ1n) is 8.35. The molecule has 2 fully saturated rings. The van der Waals surface area contributed by atoms with Gasteiger partial charge in [-0.3, -0.25) is 10.1 Å². The minimum atomic E-state index is 0.0234. The van der Waals surface area contributed by atoms with Crippen molar-refractivity contribution in [1.82, 2.24) is 15.1 Å². The predicted octanol–water partition coefficient (Wildman–Crippen LogP) is 1.91. The van der Waals surface area contributed by atoms with E-state index in [1.807, 2.05) is 0 Å². The number of nitrogens with zero attached hydrogens (tertiary/aromatic N) is 2. The highest BCUT2D eigenvalue weighted by Crippen LogP contribution is 2.24. The molecular weight excluding hydrogens is 250 g/mol. The van der Waals surface area contributed by atoms with Gasteiger partial charge in [-0.1, -0.05) is 34.1 Å². The van der Waals surface area contributed by atoms with Gasteiger partial charge >= 0.3 is 0 Å². The zero-order valence-corrected chi connectivity index (χ0v) is 13.6. The molecule has 2 rings (SSSR count). The molecule has 2 heterocycles. The van der Waals surface area contributed by atoms with Crippen LogP contribution in [0, 0.1) is 11.8 Å². The Hall–Kier alpha value is -0.610. The van der Waals surface area contributed by atoms with Gasteiger partial charge in [-0.15, -0.1) is 0 Å². The van der Waals surface area contributed by atoms with Crippen LogP contribution in [0.25, 0.3) is 0 Å². The highest BCUT2D eigenvalue weighted by molar-refractivity contribution is 5.84. The fraction of sp³-hybridized carbons (Fsp3) is 0.938. The summed E-state index contributed by atoms with van der Waals surface area (Å²) < 4.78 is 0. The highest BCUT2D eigenvalue weighted by Gasteiger charge is 2.41. The van der Waals surface area contributed by atoms with Crippen LogP contribution >= 0.6 is 0 Å². The minimum absolute atomic E-state index is 0.0234. The van der Waals surface area contributed by atoms with Crippen molar-refractivity contribution >= 4 is 5.91 Å². The monoisotopic (exact) mass is 281 g/mol. The second-order valence-electron chi connectivity index (χ2n) is 6.73. The van der Waals surface area contributed by atoms with Crippen LogP contribution in [0.5, 0.6) is 0 Å². The average Bonchev–Trinajstić information content (AvgIpc) is 2.98. The Bertz CT molecular complexity index is 332. The summed E-state index contributed by atoms with van der Waals surface area (Å²) in [5.74, 6) is 1.36. The van der Waals surface area contributed by atoms with E-state index in [4.69, 9.17) is 0 Å². The highest BCUT2D eigenvalue weighted by atomic mass is 16.2. The molecular formula is C16H31N3O. The van der Waals surface area contributed by atoms with E-state index in [1.165, 1.54) is 13.0 Å². The first kappa shape index (κ1) is 15.8. The van der Waals surface area contributed by atoms with Gasteiger partial charge < -0.3 is 9.80 Å². The van der Waals surface area contributed by atoms with Crippen LogP contribution < -0.4 is 5.32 Å². The van der Waals surface area contributed by atoms with Gasteiger partial charge in [0, 0.05) is 13.1 Å². The van der Waals surface area contributed by atoms with Crippen molar-refractivity contribution in [2.24, 2.45) is 11.8 Å². The van der Waals surface area contributed by atoms with Gasteiger partial charge in [0.05, 0.1) is 12.2 Å². The van der Waals surface area contributed by atoms with Gasteiger partial charge in [0.25, 0.3) is 0 Å². The molecule has 0 aromatic rings. The molecule has 0 bridgehead atoms. The van der Waals surface area contributed by atoms with E-state index in [1.54, 1.807) is 0 Å². The second kappa shape index (κ2) is 6.90.